The maximum Gasteiger partial charge on any atom is 0.106 e. The Morgan fingerprint density at radius 2 is 1.07 bits per heavy atom. The summed E-state index contributed by atoms with van der Waals surface area (Å²) in [5.74, 6) is 0. The van der Waals surface area contributed by atoms with Gasteiger partial charge in [0.1, 0.15) is 14.2 Å². The van der Waals surface area contributed by atoms with Gasteiger partial charge in [-0.1, -0.05) is 10.3 Å². The van der Waals surface area contributed by atoms with Gasteiger partial charge in [0.25, 0.3) is 0 Å². The van der Waals surface area contributed by atoms with Crippen LogP contribution < -0.4 is 0 Å². The lowest BCUT2D eigenvalue weighted by molar-refractivity contribution is 0.190. The van der Waals surface area contributed by atoms with Crippen LogP contribution in [0.5, 0.6) is 0 Å². The van der Waals surface area contributed by atoms with Crippen molar-refractivity contribution in [2.24, 2.45) is 21.1 Å². The summed E-state index contributed by atoms with van der Waals surface area (Å²) in [5.41, 5.74) is 1.69. The highest BCUT2D eigenvalue weighted by molar-refractivity contribution is 6.33. The Balaban J connectivity index is 3.08. The lowest BCUT2D eigenvalue weighted by atomic mass is 9.52. The monoisotopic (exact) mass is 198 g/mol. The van der Waals surface area contributed by atoms with Gasteiger partial charge in [0, 0.05) is 10.8 Å². The van der Waals surface area contributed by atoms with Gasteiger partial charge in [0.05, 0.1) is 11.4 Å². The lowest BCUT2D eigenvalue weighted by Gasteiger charge is -2.50. The Kier molecular flexibility index (Phi) is 2.56. The first-order valence-electron chi connectivity index (χ1n) is 4.63. The molecule has 0 saturated heterocycles. The second-order valence-corrected chi connectivity index (χ2v) is 4.49. The average molecular weight is 198 g/mol. The minimum Gasteiger partial charge on any atom is -0.399 e. The quantitative estimate of drug-likeness (QED) is 0.637. The third-order valence-electron chi connectivity index (χ3n) is 2.73. The molecule has 1 aliphatic carbocycles. The molecule has 0 radical (unpaired) electrons. The molecule has 0 aromatic rings. The number of nitrogens with zero attached hydrogens (tertiary/aromatic N) is 2. The number of hydrogen-bond donors (Lipinski definition) is 0. The van der Waals surface area contributed by atoms with Gasteiger partial charge in [0.15, 0.2) is 0 Å². The Labute approximate surface area is 84.9 Å². The normalized spacial score (nSPS) is 22.4. The fourth-order valence-corrected chi connectivity index (χ4v) is 2.36. The van der Waals surface area contributed by atoms with E-state index in [-0.39, 0.29) is 10.8 Å². The molecule has 4 nitrogen and oxygen atoms in total. The second kappa shape index (κ2) is 3.26. The summed E-state index contributed by atoms with van der Waals surface area (Å²) >= 11 is 0. The molecule has 0 atom stereocenters. The van der Waals surface area contributed by atoms with Crippen molar-refractivity contribution >= 4 is 11.4 Å². The molecule has 0 aromatic carbocycles. The Hall–Kier alpha value is -1.06. The zero-order valence-corrected chi connectivity index (χ0v) is 9.71. The number of oxime groups is 2. The molecule has 1 saturated carbocycles. The largest absolute Gasteiger partial charge is 0.399 e. The fourth-order valence-electron chi connectivity index (χ4n) is 2.36. The van der Waals surface area contributed by atoms with Gasteiger partial charge in [0.2, 0.25) is 0 Å². The smallest absolute Gasteiger partial charge is 0.106 e. The summed E-state index contributed by atoms with van der Waals surface area (Å²) in [6.07, 6.45) is 0. The van der Waals surface area contributed by atoms with Gasteiger partial charge in [-0.05, 0) is 27.7 Å². The Morgan fingerprint density at radius 3 is 1.29 bits per heavy atom. The average Bonchev–Trinajstić information content (AvgIpc) is 2.09. The second-order valence-electron chi connectivity index (χ2n) is 4.49. The molecule has 0 spiro atoms. The van der Waals surface area contributed by atoms with Crippen LogP contribution in [0.4, 0.5) is 0 Å². The summed E-state index contributed by atoms with van der Waals surface area (Å²) in [5, 5.41) is 8.10. The number of rotatable bonds is 2. The van der Waals surface area contributed by atoms with E-state index >= 15 is 0 Å². The van der Waals surface area contributed by atoms with Crippen LogP contribution in [-0.2, 0) is 9.68 Å². The third kappa shape index (κ3) is 1.29. The first-order valence-corrected chi connectivity index (χ1v) is 4.63. The van der Waals surface area contributed by atoms with Crippen molar-refractivity contribution in [3.8, 4) is 0 Å². The van der Waals surface area contributed by atoms with E-state index in [1.807, 2.05) is 0 Å². The lowest BCUT2D eigenvalue weighted by Crippen LogP contribution is -2.61. The molecule has 0 bridgehead atoms. The fraction of sp³-hybridized carbons (Fsp3) is 0.800. The van der Waals surface area contributed by atoms with Gasteiger partial charge in [-0.3, -0.25) is 0 Å². The first-order chi connectivity index (χ1) is 6.39. The summed E-state index contributed by atoms with van der Waals surface area (Å²) in [4.78, 5) is 9.67. The van der Waals surface area contributed by atoms with Gasteiger partial charge in [-0.25, -0.2) is 0 Å². The van der Waals surface area contributed by atoms with E-state index in [9.17, 15) is 0 Å². The van der Waals surface area contributed by atoms with E-state index in [2.05, 4.69) is 38.0 Å². The van der Waals surface area contributed by atoms with Crippen LogP contribution >= 0.6 is 0 Å². The SMILES string of the molecule is CON=C1C(C)(C)C(=NOC)C1(C)C. The predicted molar refractivity (Wildman–Crippen MR) is 56.5 cm³/mol. The molecule has 0 aliphatic heterocycles. The van der Waals surface area contributed by atoms with Crippen LogP contribution in [-0.4, -0.2) is 25.6 Å². The van der Waals surface area contributed by atoms with Gasteiger partial charge >= 0.3 is 0 Å². The van der Waals surface area contributed by atoms with Crippen molar-refractivity contribution in [3.05, 3.63) is 0 Å². The molecule has 0 N–H and O–H groups in total. The molecule has 80 valence electrons. The molecule has 1 rings (SSSR count). The van der Waals surface area contributed by atoms with Gasteiger partial charge in [-0.2, -0.15) is 0 Å². The van der Waals surface area contributed by atoms with E-state index in [1.165, 1.54) is 0 Å². The van der Waals surface area contributed by atoms with E-state index in [0.717, 1.165) is 11.4 Å². The standard InChI is InChI=1S/C10H18N2O2/c1-9(2)7(11-13-5)10(3,4)8(9)12-14-6/h1-6H3. The molecule has 14 heavy (non-hydrogen) atoms. The van der Waals surface area contributed by atoms with Crippen LogP contribution in [0.2, 0.25) is 0 Å². The highest BCUT2D eigenvalue weighted by Gasteiger charge is 2.58. The summed E-state index contributed by atoms with van der Waals surface area (Å²) < 4.78 is 0. The van der Waals surface area contributed by atoms with Crippen molar-refractivity contribution < 1.29 is 9.68 Å². The molecule has 0 unspecified atom stereocenters. The highest BCUT2D eigenvalue weighted by Crippen LogP contribution is 2.48. The van der Waals surface area contributed by atoms with Crippen molar-refractivity contribution in [2.75, 3.05) is 14.2 Å². The van der Waals surface area contributed by atoms with Gasteiger partial charge in [-0.15, -0.1) is 0 Å². The van der Waals surface area contributed by atoms with Gasteiger partial charge < -0.3 is 9.68 Å². The molecular formula is C10H18N2O2. The zero-order chi connectivity index (χ0) is 11.0. The predicted octanol–water partition coefficient (Wildman–Crippen LogP) is 2.06. The number of hydrogen-bond acceptors (Lipinski definition) is 4. The minimum atomic E-state index is -0.157. The maximum absolute atomic E-state index is 4.84. The van der Waals surface area contributed by atoms with Crippen molar-refractivity contribution in [2.45, 2.75) is 27.7 Å². The van der Waals surface area contributed by atoms with E-state index < -0.39 is 0 Å². The van der Waals surface area contributed by atoms with E-state index in [1.54, 1.807) is 14.2 Å². The van der Waals surface area contributed by atoms with E-state index in [0.29, 0.717) is 0 Å². The third-order valence-corrected chi connectivity index (χ3v) is 2.73. The van der Waals surface area contributed by atoms with Crippen LogP contribution in [0.1, 0.15) is 27.7 Å². The van der Waals surface area contributed by atoms with Crippen LogP contribution in [0, 0.1) is 10.8 Å². The van der Waals surface area contributed by atoms with Crippen LogP contribution in [0.3, 0.4) is 0 Å². The summed E-state index contributed by atoms with van der Waals surface area (Å²) in [7, 11) is 3.12. The molecule has 1 aliphatic rings. The van der Waals surface area contributed by atoms with Crippen LogP contribution in [0.15, 0.2) is 10.3 Å². The Bertz CT molecular complexity index is 244. The molecule has 4 heteroatoms. The molecule has 0 aromatic heterocycles. The zero-order valence-electron chi connectivity index (χ0n) is 9.71. The summed E-state index contributed by atoms with van der Waals surface area (Å²) in [6.45, 7) is 8.25. The molecule has 0 heterocycles. The Morgan fingerprint density at radius 1 is 0.786 bits per heavy atom. The van der Waals surface area contributed by atoms with Crippen molar-refractivity contribution in [1.82, 2.24) is 0 Å². The summed E-state index contributed by atoms with van der Waals surface area (Å²) in [6, 6.07) is 0. The first kappa shape index (κ1) is 11.0. The molecule has 0 amide bonds. The highest BCUT2D eigenvalue weighted by atomic mass is 16.6. The topological polar surface area (TPSA) is 43.2 Å². The maximum atomic E-state index is 4.84. The molecular weight excluding hydrogens is 180 g/mol. The molecule has 1 fully saturated rings. The van der Waals surface area contributed by atoms with E-state index in [4.69, 9.17) is 9.68 Å². The van der Waals surface area contributed by atoms with Crippen molar-refractivity contribution in [3.63, 3.8) is 0 Å². The van der Waals surface area contributed by atoms with Crippen LogP contribution in [0.25, 0.3) is 0 Å². The van der Waals surface area contributed by atoms with Crippen molar-refractivity contribution in [1.29, 1.82) is 0 Å². The minimum absolute atomic E-state index is 0.157.